The van der Waals surface area contributed by atoms with Gasteiger partial charge in [0.2, 0.25) is 0 Å². The van der Waals surface area contributed by atoms with Crippen LogP contribution >= 0.6 is 11.6 Å². The van der Waals surface area contributed by atoms with Gasteiger partial charge in [-0.2, -0.15) is 0 Å². The molecule has 0 aliphatic carbocycles. The molecule has 0 aromatic heterocycles. The monoisotopic (exact) mass is 214 g/mol. The molecule has 4 N–H and O–H groups in total. The average molecular weight is 215 g/mol. The van der Waals surface area contributed by atoms with Crippen LogP contribution in [-0.2, 0) is 0 Å². The largest absolute Gasteiger partial charge is 0.390 e. The SMILES string of the molecule is CNC(c1ccc(Cl)cc1)C(O)CN. The Labute approximate surface area is 88.9 Å². The Morgan fingerprint density at radius 2 is 2.00 bits per heavy atom. The van der Waals surface area contributed by atoms with Crippen LogP contribution in [0.15, 0.2) is 24.3 Å². The summed E-state index contributed by atoms with van der Waals surface area (Å²) in [5.41, 5.74) is 6.38. The Kier molecular flexibility index (Phi) is 4.35. The summed E-state index contributed by atoms with van der Waals surface area (Å²) in [6, 6.07) is 7.21. The first-order chi connectivity index (χ1) is 6.69. The van der Waals surface area contributed by atoms with E-state index in [-0.39, 0.29) is 12.6 Å². The third kappa shape index (κ3) is 2.69. The van der Waals surface area contributed by atoms with Gasteiger partial charge in [0.15, 0.2) is 0 Å². The molecule has 3 nitrogen and oxygen atoms in total. The smallest absolute Gasteiger partial charge is 0.0856 e. The molecule has 0 fully saturated rings. The number of hydrogen-bond acceptors (Lipinski definition) is 3. The summed E-state index contributed by atoms with van der Waals surface area (Å²) in [7, 11) is 1.79. The third-order valence-corrected chi connectivity index (χ3v) is 2.42. The minimum absolute atomic E-state index is 0.141. The molecular formula is C10H15ClN2O. The third-order valence-electron chi connectivity index (χ3n) is 2.17. The lowest BCUT2D eigenvalue weighted by Crippen LogP contribution is -2.34. The Balaban J connectivity index is 2.84. The van der Waals surface area contributed by atoms with E-state index in [9.17, 15) is 5.11 Å². The van der Waals surface area contributed by atoms with Gasteiger partial charge in [-0.15, -0.1) is 0 Å². The van der Waals surface area contributed by atoms with Gasteiger partial charge in [0.05, 0.1) is 12.1 Å². The molecule has 1 rings (SSSR count). The van der Waals surface area contributed by atoms with E-state index in [1.54, 1.807) is 19.2 Å². The normalized spacial score (nSPS) is 15.1. The number of nitrogens with two attached hydrogens (primary N) is 1. The molecule has 0 radical (unpaired) electrons. The van der Waals surface area contributed by atoms with Crippen LogP contribution in [0, 0.1) is 0 Å². The highest BCUT2D eigenvalue weighted by Gasteiger charge is 2.17. The van der Waals surface area contributed by atoms with Gasteiger partial charge < -0.3 is 16.2 Å². The fraction of sp³-hybridized carbons (Fsp3) is 0.400. The Hall–Kier alpha value is -0.610. The Morgan fingerprint density at radius 1 is 1.43 bits per heavy atom. The van der Waals surface area contributed by atoms with Crippen molar-refractivity contribution in [2.45, 2.75) is 12.1 Å². The maximum atomic E-state index is 9.62. The lowest BCUT2D eigenvalue weighted by Gasteiger charge is -2.21. The molecule has 0 aliphatic heterocycles. The van der Waals surface area contributed by atoms with Crippen molar-refractivity contribution in [1.82, 2.24) is 5.32 Å². The minimum atomic E-state index is -0.582. The summed E-state index contributed by atoms with van der Waals surface area (Å²) in [6.45, 7) is 0.230. The van der Waals surface area contributed by atoms with Gasteiger partial charge in [0, 0.05) is 11.6 Å². The molecule has 0 saturated carbocycles. The van der Waals surface area contributed by atoms with Gasteiger partial charge in [-0.3, -0.25) is 0 Å². The number of nitrogens with one attached hydrogen (secondary N) is 1. The van der Waals surface area contributed by atoms with Crippen molar-refractivity contribution in [2.75, 3.05) is 13.6 Å². The van der Waals surface area contributed by atoms with Gasteiger partial charge in [-0.05, 0) is 24.7 Å². The summed E-state index contributed by atoms with van der Waals surface area (Å²) in [6.07, 6.45) is -0.582. The summed E-state index contributed by atoms with van der Waals surface area (Å²) >= 11 is 5.77. The zero-order chi connectivity index (χ0) is 10.6. The van der Waals surface area contributed by atoms with Crippen LogP contribution in [0.4, 0.5) is 0 Å². The van der Waals surface area contributed by atoms with Crippen molar-refractivity contribution in [3.05, 3.63) is 34.9 Å². The van der Waals surface area contributed by atoms with Gasteiger partial charge in [-0.1, -0.05) is 23.7 Å². The number of hydrogen-bond donors (Lipinski definition) is 3. The molecule has 1 aromatic carbocycles. The van der Waals surface area contributed by atoms with E-state index in [1.807, 2.05) is 12.1 Å². The van der Waals surface area contributed by atoms with Gasteiger partial charge in [0.1, 0.15) is 0 Å². The molecule has 0 amide bonds. The van der Waals surface area contributed by atoms with Crippen molar-refractivity contribution in [2.24, 2.45) is 5.73 Å². The lowest BCUT2D eigenvalue weighted by atomic mass is 10.0. The molecule has 0 heterocycles. The molecule has 2 atom stereocenters. The number of aliphatic hydroxyl groups is 1. The van der Waals surface area contributed by atoms with Gasteiger partial charge >= 0.3 is 0 Å². The van der Waals surface area contributed by atoms with Gasteiger partial charge in [0.25, 0.3) is 0 Å². The highest BCUT2D eigenvalue weighted by atomic mass is 35.5. The molecule has 0 bridgehead atoms. The Morgan fingerprint density at radius 3 is 2.43 bits per heavy atom. The Bertz CT molecular complexity index is 276. The second kappa shape index (κ2) is 5.32. The van der Waals surface area contributed by atoms with Crippen LogP contribution in [0.1, 0.15) is 11.6 Å². The second-order valence-corrected chi connectivity index (χ2v) is 3.56. The van der Waals surface area contributed by atoms with Gasteiger partial charge in [-0.25, -0.2) is 0 Å². The van der Waals surface area contributed by atoms with Crippen molar-refractivity contribution in [3.8, 4) is 0 Å². The van der Waals surface area contributed by atoms with Crippen LogP contribution in [0.5, 0.6) is 0 Å². The first kappa shape index (κ1) is 11.5. The standard InChI is InChI=1S/C10H15ClN2O/c1-13-10(9(14)6-12)7-2-4-8(11)5-3-7/h2-5,9-10,13-14H,6,12H2,1H3. The highest BCUT2D eigenvalue weighted by molar-refractivity contribution is 6.30. The summed E-state index contributed by atoms with van der Waals surface area (Å²) in [5.74, 6) is 0. The van der Waals surface area contributed by atoms with E-state index in [1.165, 1.54) is 0 Å². The topological polar surface area (TPSA) is 58.3 Å². The van der Waals surface area contributed by atoms with E-state index in [2.05, 4.69) is 5.32 Å². The van der Waals surface area contributed by atoms with Crippen molar-refractivity contribution < 1.29 is 5.11 Å². The van der Waals surface area contributed by atoms with Crippen molar-refractivity contribution in [3.63, 3.8) is 0 Å². The zero-order valence-electron chi connectivity index (χ0n) is 8.07. The van der Waals surface area contributed by atoms with E-state index >= 15 is 0 Å². The van der Waals surface area contributed by atoms with Crippen LogP contribution < -0.4 is 11.1 Å². The van der Waals surface area contributed by atoms with Crippen LogP contribution in [0.3, 0.4) is 0 Å². The van der Waals surface area contributed by atoms with E-state index in [0.29, 0.717) is 5.02 Å². The van der Waals surface area contributed by atoms with Crippen LogP contribution in [0.25, 0.3) is 0 Å². The molecular weight excluding hydrogens is 200 g/mol. The second-order valence-electron chi connectivity index (χ2n) is 3.12. The molecule has 0 saturated heterocycles. The molecule has 4 heteroatoms. The van der Waals surface area contributed by atoms with Crippen LogP contribution in [-0.4, -0.2) is 24.8 Å². The molecule has 2 unspecified atom stereocenters. The quantitative estimate of drug-likeness (QED) is 0.699. The molecule has 78 valence electrons. The highest BCUT2D eigenvalue weighted by Crippen LogP contribution is 2.18. The number of aliphatic hydroxyl groups excluding tert-OH is 1. The minimum Gasteiger partial charge on any atom is -0.390 e. The summed E-state index contributed by atoms with van der Waals surface area (Å²) < 4.78 is 0. The number of likely N-dealkylation sites (N-methyl/N-ethyl adjacent to an activating group) is 1. The first-order valence-electron chi connectivity index (χ1n) is 4.50. The number of rotatable bonds is 4. The predicted octanol–water partition coefficient (Wildman–Crippen LogP) is 0.920. The number of benzene rings is 1. The maximum absolute atomic E-state index is 9.62. The molecule has 0 spiro atoms. The van der Waals surface area contributed by atoms with Crippen LogP contribution in [0.2, 0.25) is 5.02 Å². The lowest BCUT2D eigenvalue weighted by molar-refractivity contribution is 0.139. The maximum Gasteiger partial charge on any atom is 0.0856 e. The summed E-state index contributed by atoms with van der Waals surface area (Å²) in [4.78, 5) is 0. The fourth-order valence-electron chi connectivity index (χ4n) is 1.39. The molecule has 0 aliphatic rings. The average Bonchev–Trinajstić information content (AvgIpc) is 2.21. The predicted molar refractivity (Wildman–Crippen MR) is 58.3 cm³/mol. The van der Waals surface area contributed by atoms with E-state index in [4.69, 9.17) is 17.3 Å². The van der Waals surface area contributed by atoms with Crippen molar-refractivity contribution >= 4 is 11.6 Å². The molecule has 14 heavy (non-hydrogen) atoms. The van der Waals surface area contributed by atoms with Crippen molar-refractivity contribution in [1.29, 1.82) is 0 Å². The zero-order valence-corrected chi connectivity index (χ0v) is 8.83. The first-order valence-corrected chi connectivity index (χ1v) is 4.87. The summed E-state index contributed by atoms with van der Waals surface area (Å²) in [5, 5.41) is 13.3. The fourth-order valence-corrected chi connectivity index (χ4v) is 1.51. The number of halogens is 1. The molecule has 1 aromatic rings. The van der Waals surface area contributed by atoms with E-state index < -0.39 is 6.10 Å². The van der Waals surface area contributed by atoms with E-state index in [0.717, 1.165) is 5.56 Å².